The van der Waals surface area contributed by atoms with E-state index in [1.54, 1.807) is 11.8 Å². The average Bonchev–Trinajstić information content (AvgIpc) is 2.35. The minimum Gasteiger partial charge on any atom is -0.465 e. The molecule has 0 heterocycles. The molecule has 1 atom stereocenters. The molecule has 2 nitrogen and oxygen atoms in total. The molecule has 0 N–H and O–H groups in total. The Morgan fingerprint density at radius 2 is 2.17 bits per heavy atom. The summed E-state index contributed by atoms with van der Waals surface area (Å²) in [6, 6.07) is 8.42. The summed E-state index contributed by atoms with van der Waals surface area (Å²) in [5, 5.41) is -0.0320. The molecule has 0 saturated carbocycles. The first-order valence-corrected chi connectivity index (χ1v) is 7.56. The molecule has 0 aliphatic carbocycles. The lowest BCUT2D eigenvalue weighted by Gasteiger charge is -2.14. The second-order valence-corrected chi connectivity index (χ2v) is 5.52. The smallest absolute Gasteiger partial charge is 0.319 e. The molecule has 100 valence electrons. The molecule has 1 unspecified atom stereocenters. The van der Waals surface area contributed by atoms with Crippen LogP contribution in [0.4, 0.5) is 0 Å². The van der Waals surface area contributed by atoms with E-state index in [-0.39, 0.29) is 11.2 Å². The van der Waals surface area contributed by atoms with Gasteiger partial charge in [0.1, 0.15) is 5.25 Å². The monoisotopic (exact) mass is 266 g/mol. The van der Waals surface area contributed by atoms with Crippen LogP contribution < -0.4 is 0 Å². The van der Waals surface area contributed by atoms with Crippen molar-refractivity contribution in [3.05, 3.63) is 35.4 Å². The molecular formula is C15H22O2S. The van der Waals surface area contributed by atoms with Crippen LogP contribution in [0.1, 0.15) is 37.8 Å². The van der Waals surface area contributed by atoms with E-state index in [4.69, 9.17) is 4.74 Å². The third-order valence-corrected chi connectivity index (χ3v) is 3.96. The van der Waals surface area contributed by atoms with Crippen molar-refractivity contribution in [3.8, 4) is 0 Å². The van der Waals surface area contributed by atoms with E-state index >= 15 is 0 Å². The number of rotatable bonds is 7. The summed E-state index contributed by atoms with van der Waals surface area (Å²) in [6.07, 6.45) is 1.89. The molecule has 1 aromatic carbocycles. The minimum absolute atomic E-state index is 0.0320. The highest BCUT2D eigenvalue weighted by molar-refractivity contribution is 7.99. The Morgan fingerprint density at radius 1 is 1.39 bits per heavy atom. The van der Waals surface area contributed by atoms with Crippen molar-refractivity contribution in [1.82, 2.24) is 0 Å². The van der Waals surface area contributed by atoms with E-state index in [1.165, 1.54) is 11.1 Å². The van der Waals surface area contributed by atoms with Crippen molar-refractivity contribution in [2.24, 2.45) is 0 Å². The first kappa shape index (κ1) is 15.1. The highest BCUT2D eigenvalue weighted by atomic mass is 32.2. The number of aryl methyl sites for hydroxylation is 1. The number of hydrogen-bond acceptors (Lipinski definition) is 3. The molecule has 0 aliphatic rings. The maximum absolute atomic E-state index is 11.8. The number of carbonyl (C=O) groups excluding carboxylic acids is 1. The van der Waals surface area contributed by atoms with Gasteiger partial charge in [-0.05, 0) is 25.8 Å². The fourth-order valence-electron chi connectivity index (χ4n) is 1.77. The van der Waals surface area contributed by atoms with E-state index in [9.17, 15) is 4.79 Å². The Kier molecular flexibility index (Phi) is 6.88. The van der Waals surface area contributed by atoms with Crippen molar-refractivity contribution >= 4 is 17.7 Å². The zero-order chi connectivity index (χ0) is 13.4. The van der Waals surface area contributed by atoms with Crippen molar-refractivity contribution < 1.29 is 9.53 Å². The van der Waals surface area contributed by atoms with Gasteiger partial charge in [0.2, 0.25) is 0 Å². The zero-order valence-electron chi connectivity index (χ0n) is 11.4. The lowest BCUT2D eigenvalue weighted by Crippen LogP contribution is -2.20. The quantitative estimate of drug-likeness (QED) is 0.699. The summed E-state index contributed by atoms with van der Waals surface area (Å²) in [7, 11) is 0. The number of hydrogen-bond donors (Lipinski definition) is 0. The van der Waals surface area contributed by atoms with E-state index in [2.05, 4.69) is 38.1 Å². The van der Waals surface area contributed by atoms with Gasteiger partial charge in [-0.15, -0.1) is 11.8 Å². The number of thioether (sulfide) groups is 1. The van der Waals surface area contributed by atoms with Crippen LogP contribution in [0.25, 0.3) is 0 Å². The minimum atomic E-state index is -0.0722. The SMILES string of the molecule is CCCC(SCc1cccc(C)c1)C(=O)OCC. The van der Waals surface area contributed by atoms with Gasteiger partial charge in [0.25, 0.3) is 0 Å². The molecular weight excluding hydrogens is 244 g/mol. The van der Waals surface area contributed by atoms with Gasteiger partial charge in [-0.3, -0.25) is 4.79 Å². The topological polar surface area (TPSA) is 26.3 Å². The van der Waals surface area contributed by atoms with Gasteiger partial charge in [0.15, 0.2) is 0 Å². The van der Waals surface area contributed by atoms with Crippen LogP contribution in [0.3, 0.4) is 0 Å². The standard InChI is InChI=1S/C15H22O2S/c1-4-7-14(15(16)17-5-2)18-11-13-9-6-8-12(3)10-13/h6,8-10,14H,4-5,7,11H2,1-3H3. The maximum atomic E-state index is 11.8. The Labute approximate surface area is 114 Å². The lowest BCUT2D eigenvalue weighted by atomic mass is 10.2. The first-order valence-electron chi connectivity index (χ1n) is 6.51. The number of esters is 1. The summed E-state index contributed by atoms with van der Waals surface area (Å²) >= 11 is 1.68. The molecule has 1 aromatic rings. The van der Waals surface area contributed by atoms with E-state index in [0.29, 0.717) is 6.61 Å². The summed E-state index contributed by atoms with van der Waals surface area (Å²) in [5.74, 6) is 0.794. The van der Waals surface area contributed by atoms with Gasteiger partial charge in [-0.2, -0.15) is 0 Å². The van der Waals surface area contributed by atoms with Gasteiger partial charge < -0.3 is 4.74 Å². The van der Waals surface area contributed by atoms with Crippen LogP contribution in [0.2, 0.25) is 0 Å². The van der Waals surface area contributed by atoms with Gasteiger partial charge in [-0.1, -0.05) is 43.2 Å². The van der Waals surface area contributed by atoms with Crippen LogP contribution in [-0.4, -0.2) is 17.8 Å². The molecule has 0 spiro atoms. The molecule has 0 aliphatic heterocycles. The Balaban J connectivity index is 2.53. The molecule has 3 heteroatoms. The average molecular weight is 266 g/mol. The summed E-state index contributed by atoms with van der Waals surface area (Å²) < 4.78 is 5.11. The molecule has 0 radical (unpaired) electrons. The van der Waals surface area contributed by atoms with Crippen LogP contribution in [-0.2, 0) is 15.3 Å². The fraction of sp³-hybridized carbons (Fsp3) is 0.533. The summed E-state index contributed by atoms with van der Waals surface area (Å²) in [4.78, 5) is 11.8. The highest BCUT2D eigenvalue weighted by Gasteiger charge is 2.19. The van der Waals surface area contributed by atoms with Crippen molar-refractivity contribution in [2.45, 2.75) is 44.6 Å². The van der Waals surface area contributed by atoms with Crippen molar-refractivity contribution in [3.63, 3.8) is 0 Å². The normalized spacial score (nSPS) is 12.2. The number of ether oxygens (including phenoxy) is 1. The summed E-state index contributed by atoms with van der Waals surface area (Å²) in [6.45, 7) is 6.50. The third kappa shape index (κ3) is 5.13. The second kappa shape index (κ2) is 8.20. The second-order valence-electron chi connectivity index (χ2n) is 4.33. The van der Waals surface area contributed by atoms with Crippen LogP contribution in [0.5, 0.6) is 0 Å². The van der Waals surface area contributed by atoms with Crippen LogP contribution >= 0.6 is 11.8 Å². The van der Waals surface area contributed by atoms with Crippen molar-refractivity contribution in [1.29, 1.82) is 0 Å². The Morgan fingerprint density at radius 3 is 2.78 bits per heavy atom. The Hall–Kier alpha value is -0.960. The van der Waals surface area contributed by atoms with Crippen molar-refractivity contribution in [2.75, 3.05) is 6.61 Å². The van der Waals surface area contributed by atoms with E-state index in [1.807, 2.05) is 6.92 Å². The zero-order valence-corrected chi connectivity index (χ0v) is 12.3. The molecule has 18 heavy (non-hydrogen) atoms. The lowest BCUT2D eigenvalue weighted by molar-refractivity contribution is -0.142. The first-order chi connectivity index (χ1) is 8.67. The third-order valence-electron chi connectivity index (χ3n) is 2.63. The van der Waals surface area contributed by atoms with E-state index in [0.717, 1.165) is 18.6 Å². The largest absolute Gasteiger partial charge is 0.465 e. The van der Waals surface area contributed by atoms with Crippen LogP contribution in [0.15, 0.2) is 24.3 Å². The summed E-state index contributed by atoms with van der Waals surface area (Å²) in [5.41, 5.74) is 2.53. The molecule has 0 aromatic heterocycles. The van der Waals surface area contributed by atoms with E-state index < -0.39 is 0 Å². The van der Waals surface area contributed by atoms with Gasteiger partial charge in [0, 0.05) is 5.75 Å². The van der Waals surface area contributed by atoms with Gasteiger partial charge >= 0.3 is 5.97 Å². The number of carbonyl (C=O) groups is 1. The van der Waals surface area contributed by atoms with Crippen LogP contribution in [0, 0.1) is 6.92 Å². The Bertz CT molecular complexity index is 377. The maximum Gasteiger partial charge on any atom is 0.319 e. The molecule has 0 fully saturated rings. The predicted octanol–water partition coefficient (Wildman–Crippen LogP) is 3.96. The fourth-order valence-corrected chi connectivity index (χ4v) is 2.95. The molecule has 0 amide bonds. The van der Waals surface area contributed by atoms with Gasteiger partial charge in [-0.25, -0.2) is 0 Å². The van der Waals surface area contributed by atoms with Gasteiger partial charge in [0.05, 0.1) is 6.61 Å². The number of benzene rings is 1. The highest BCUT2D eigenvalue weighted by Crippen LogP contribution is 2.23. The molecule has 0 saturated heterocycles. The molecule has 1 rings (SSSR count). The predicted molar refractivity (Wildman–Crippen MR) is 77.8 cm³/mol. The molecule has 0 bridgehead atoms.